The highest BCUT2D eigenvalue weighted by molar-refractivity contribution is 5.94. The highest BCUT2D eigenvalue weighted by atomic mass is 16.4. The van der Waals surface area contributed by atoms with Crippen LogP contribution in [-0.4, -0.2) is 81.1 Å². The molecule has 0 saturated carbocycles. The number of amides is 3. The summed E-state index contributed by atoms with van der Waals surface area (Å²) in [5.74, 6) is -2.75. The Hall–Kier alpha value is -3.97. The molecule has 212 valence electrons. The molecule has 2 aromatic rings. The maximum Gasteiger partial charge on any atom is 0.326 e. The number of H-pyrrole nitrogens is 1. The fraction of sp³-hybridized carbons (Fsp3) is 0.500. The molecule has 1 fully saturated rings. The molecule has 9 N–H and O–H groups in total. The first-order valence-corrected chi connectivity index (χ1v) is 13.1. The van der Waals surface area contributed by atoms with Gasteiger partial charge in [-0.1, -0.05) is 12.1 Å². The number of carboxylic acid groups (broad SMARTS) is 1. The Bertz CT molecular complexity index is 1090. The number of aliphatic carboxylic acids is 1. The van der Waals surface area contributed by atoms with E-state index in [2.05, 4.69) is 31.2 Å². The quantitative estimate of drug-likeness (QED) is 0.134. The molecule has 3 rings (SSSR count). The molecule has 0 radical (unpaired) electrons. The minimum Gasteiger partial charge on any atom is -0.508 e. The topological polar surface area (TPSA) is 212 Å². The lowest BCUT2D eigenvalue weighted by Gasteiger charge is -2.25. The van der Waals surface area contributed by atoms with Gasteiger partial charge in [0, 0.05) is 24.7 Å². The number of aromatic hydroxyl groups is 1. The zero-order chi connectivity index (χ0) is 28.2. The molecule has 1 aromatic heterocycles. The van der Waals surface area contributed by atoms with Crippen LogP contribution in [0.2, 0.25) is 0 Å². The summed E-state index contributed by atoms with van der Waals surface area (Å²) in [5, 5.41) is 30.3. The van der Waals surface area contributed by atoms with Crippen LogP contribution in [0.5, 0.6) is 5.75 Å². The molecule has 1 saturated heterocycles. The first-order valence-electron chi connectivity index (χ1n) is 13.1. The smallest absolute Gasteiger partial charge is 0.326 e. The number of carbonyl (C=O) groups excluding carboxylic acids is 3. The Kier molecular flexibility index (Phi) is 11.3. The Balaban J connectivity index is 1.73. The van der Waals surface area contributed by atoms with Crippen molar-refractivity contribution in [1.82, 2.24) is 31.2 Å². The molecule has 2 heterocycles. The molecule has 1 aliphatic heterocycles. The number of hydrogen-bond donors (Lipinski definition) is 8. The fourth-order valence-corrected chi connectivity index (χ4v) is 4.38. The number of imidazole rings is 1. The lowest BCUT2D eigenvalue weighted by atomic mass is 10.0. The number of aromatic amines is 1. The molecule has 4 unspecified atom stereocenters. The second-order valence-electron chi connectivity index (χ2n) is 9.61. The summed E-state index contributed by atoms with van der Waals surface area (Å²) in [6, 6.07) is 2.29. The molecule has 0 spiro atoms. The van der Waals surface area contributed by atoms with E-state index in [1.54, 1.807) is 12.1 Å². The van der Waals surface area contributed by atoms with Gasteiger partial charge in [-0.2, -0.15) is 0 Å². The third kappa shape index (κ3) is 9.37. The second-order valence-corrected chi connectivity index (χ2v) is 9.61. The maximum atomic E-state index is 13.4. The van der Waals surface area contributed by atoms with Crippen LogP contribution in [0.15, 0.2) is 36.8 Å². The van der Waals surface area contributed by atoms with Crippen LogP contribution in [0.4, 0.5) is 0 Å². The molecule has 3 amide bonds. The van der Waals surface area contributed by atoms with Crippen molar-refractivity contribution in [3.63, 3.8) is 0 Å². The minimum atomic E-state index is -1.28. The van der Waals surface area contributed by atoms with Crippen LogP contribution in [0.1, 0.15) is 43.4 Å². The van der Waals surface area contributed by atoms with Crippen LogP contribution in [0.3, 0.4) is 0 Å². The van der Waals surface area contributed by atoms with E-state index in [0.717, 1.165) is 13.0 Å². The summed E-state index contributed by atoms with van der Waals surface area (Å²) in [7, 11) is 0. The van der Waals surface area contributed by atoms with E-state index in [1.165, 1.54) is 24.7 Å². The molecule has 0 bridgehead atoms. The van der Waals surface area contributed by atoms with Gasteiger partial charge in [0.1, 0.15) is 23.9 Å². The van der Waals surface area contributed by atoms with E-state index in [0.29, 0.717) is 43.5 Å². The average molecular weight is 544 g/mol. The summed E-state index contributed by atoms with van der Waals surface area (Å²) in [6.07, 6.45) is 6.06. The van der Waals surface area contributed by atoms with Crippen LogP contribution in [0.25, 0.3) is 0 Å². The number of unbranched alkanes of at least 4 members (excludes halogenated alkanes) is 1. The molecule has 0 aliphatic carbocycles. The number of hydrogen-bond acceptors (Lipinski definition) is 8. The largest absolute Gasteiger partial charge is 0.508 e. The minimum absolute atomic E-state index is 0.0246. The summed E-state index contributed by atoms with van der Waals surface area (Å²) in [5.41, 5.74) is 6.75. The van der Waals surface area contributed by atoms with Crippen LogP contribution in [-0.2, 0) is 32.0 Å². The maximum absolute atomic E-state index is 13.4. The van der Waals surface area contributed by atoms with E-state index in [1.807, 2.05) is 0 Å². The number of carbonyl (C=O) groups is 4. The number of aromatic nitrogens is 2. The summed E-state index contributed by atoms with van der Waals surface area (Å²) < 4.78 is 0. The van der Waals surface area contributed by atoms with E-state index >= 15 is 0 Å². The van der Waals surface area contributed by atoms with Crippen LogP contribution in [0, 0.1) is 0 Å². The lowest BCUT2D eigenvalue weighted by molar-refractivity contribution is -0.142. The number of rotatable bonds is 15. The Morgan fingerprint density at radius 1 is 1.00 bits per heavy atom. The zero-order valence-corrected chi connectivity index (χ0v) is 21.7. The van der Waals surface area contributed by atoms with Crippen molar-refractivity contribution in [1.29, 1.82) is 0 Å². The van der Waals surface area contributed by atoms with Gasteiger partial charge in [-0.25, -0.2) is 9.78 Å². The highest BCUT2D eigenvalue weighted by Crippen LogP contribution is 2.12. The molecule has 1 aromatic carbocycles. The molecule has 13 heteroatoms. The van der Waals surface area contributed by atoms with Crippen molar-refractivity contribution < 1.29 is 29.4 Å². The van der Waals surface area contributed by atoms with E-state index in [9.17, 15) is 29.4 Å². The van der Waals surface area contributed by atoms with Gasteiger partial charge in [0.25, 0.3) is 0 Å². The number of benzene rings is 1. The van der Waals surface area contributed by atoms with E-state index in [-0.39, 0.29) is 30.5 Å². The van der Waals surface area contributed by atoms with Crippen molar-refractivity contribution in [2.45, 2.75) is 69.1 Å². The van der Waals surface area contributed by atoms with Gasteiger partial charge in [-0.3, -0.25) is 14.4 Å². The molecule has 13 nitrogen and oxygen atoms in total. The van der Waals surface area contributed by atoms with Crippen molar-refractivity contribution >= 4 is 23.7 Å². The normalized spacial score (nSPS) is 17.1. The second kappa shape index (κ2) is 14.8. The Morgan fingerprint density at radius 2 is 1.72 bits per heavy atom. The third-order valence-corrected chi connectivity index (χ3v) is 6.56. The first kappa shape index (κ1) is 29.6. The van der Waals surface area contributed by atoms with Gasteiger partial charge < -0.3 is 42.2 Å². The summed E-state index contributed by atoms with van der Waals surface area (Å²) in [6.45, 7) is 1.17. The zero-order valence-electron chi connectivity index (χ0n) is 21.7. The number of nitrogens with one attached hydrogen (secondary N) is 5. The van der Waals surface area contributed by atoms with Crippen molar-refractivity contribution in [3.8, 4) is 5.75 Å². The monoisotopic (exact) mass is 543 g/mol. The van der Waals surface area contributed by atoms with Crippen LogP contribution >= 0.6 is 0 Å². The Labute approximate surface area is 226 Å². The summed E-state index contributed by atoms with van der Waals surface area (Å²) >= 11 is 0. The van der Waals surface area contributed by atoms with Gasteiger partial charge in [-0.05, 0) is 62.9 Å². The number of nitrogens with two attached hydrogens (primary N) is 1. The molecular formula is C26H37N7O6. The number of phenols is 1. The highest BCUT2D eigenvalue weighted by Gasteiger charge is 2.31. The van der Waals surface area contributed by atoms with Gasteiger partial charge in [-0.15, -0.1) is 0 Å². The standard InChI is InChI=1S/C26H37N7O6/c27-10-2-1-4-20(31-23(35)19-5-3-11-29-19)24(36)32-21(13-17-14-28-15-30-17)25(37)33-22(26(38)39)12-16-6-8-18(34)9-7-16/h6-9,14-15,19-22,29,34H,1-5,10-13,27H2,(H,28,30)(H,31,35)(H,32,36)(H,33,37)(H,38,39). The number of nitrogens with zero attached hydrogens (tertiary/aromatic N) is 1. The van der Waals surface area contributed by atoms with Crippen molar-refractivity contribution in [2.75, 3.05) is 13.1 Å². The van der Waals surface area contributed by atoms with Crippen molar-refractivity contribution in [2.24, 2.45) is 5.73 Å². The van der Waals surface area contributed by atoms with Crippen molar-refractivity contribution in [3.05, 3.63) is 48.0 Å². The number of carboxylic acids is 1. The predicted molar refractivity (Wildman–Crippen MR) is 141 cm³/mol. The van der Waals surface area contributed by atoms with Gasteiger partial charge in [0.2, 0.25) is 17.7 Å². The first-order chi connectivity index (χ1) is 18.8. The lowest BCUT2D eigenvalue weighted by Crippen LogP contribution is -2.57. The molecular weight excluding hydrogens is 506 g/mol. The Morgan fingerprint density at radius 3 is 2.33 bits per heavy atom. The summed E-state index contributed by atoms with van der Waals surface area (Å²) in [4.78, 5) is 58.1. The van der Waals surface area contributed by atoms with Gasteiger partial charge >= 0.3 is 5.97 Å². The number of phenolic OH excluding ortho intramolecular Hbond substituents is 1. The van der Waals surface area contributed by atoms with E-state index in [4.69, 9.17) is 5.73 Å². The van der Waals surface area contributed by atoms with Gasteiger partial charge in [0.05, 0.1) is 12.4 Å². The third-order valence-electron chi connectivity index (χ3n) is 6.56. The fourth-order valence-electron chi connectivity index (χ4n) is 4.38. The molecule has 4 atom stereocenters. The predicted octanol–water partition coefficient (Wildman–Crippen LogP) is -0.679. The molecule has 1 aliphatic rings. The molecule has 39 heavy (non-hydrogen) atoms. The van der Waals surface area contributed by atoms with Gasteiger partial charge in [0.15, 0.2) is 0 Å². The average Bonchev–Trinajstić information content (AvgIpc) is 3.63. The SMILES string of the molecule is NCCCCC(NC(=O)C1CCCN1)C(=O)NC(Cc1cnc[nH]1)C(=O)NC(Cc1ccc(O)cc1)C(=O)O. The van der Waals surface area contributed by atoms with E-state index < -0.39 is 35.9 Å². The van der Waals surface area contributed by atoms with Crippen LogP contribution < -0.4 is 27.0 Å².